The number of aryl methyl sites for hydroxylation is 1. The number of rotatable bonds is 9. The second kappa shape index (κ2) is 9.82. The normalized spacial score (nSPS) is 12.0. The molecule has 3 aromatic rings. The van der Waals surface area contributed by atoms with Crippen LogP contribution in [0.25, 0.3) is 11.3 Å². The molecule has 0 spiro atoms. The first-order valence-corrected chi connectivity index (χ1v) is 9.71. The lowest BCUT2D eigenvalue weighted by molar-refractivity contribution is -0.126. The van der Waals surface area contributed by atoms with E-state index in [9.17, 15) is 14.0 Å². The highest BCUT2D eigenvalue weighted by Gasteiger charge is 2.22. The smallest absolute Gasteiger partial charge is 0.248 e. The number of carbonyl (C=O) groups excluding carboxylic acids is 2. The zero-order chi connectivity index (χ0) is 21.5. The van der Waals surface area contributed by atoms with Gasteiger partial charge in [-0.3, -0.25) is 14.7 Å². The maximum atomic E-state index is 13.9. The van der Waals surface area contributed by atoms with Crippen molar-refractivity contribution in [3.8, 4) is 11.3 Å². The zero-order valence-corrected chi connectivity index (χ0v) is 16.8. The van der Waals surface area contributed by atoms with E-state index in [1.807, 2.05) is 13.8 Å². The molecule has 1 atom stereocenters. The number of hydrogen-bond acceptors (Lipinski definition) is 5. The van der Waals surface area contributed by atoms with E-state index in [1.165, 1.54) is 18.5 Å². The van der Waals surface area contributed by atoms with Gasteiger partial charge in [-0.05, 0) is 24.5 Å². The Kier molecular flexibility index (Phi) is 6.95. The highest BCUT2D eigenvalue weighted by Crippen LogP contribution is 2.23. The van der Waals surface area contributed by atoms with Crippen LogP contribution in [0.4, 0.5) is 10.2 Å². The Morgan fingerprint density at radius 3 is 2.73 bits per heavy atom. The molecule has 0 saturated carbocycles. The molecule has 2 amide bonds. The fourth-order valence-corrected chi connectivity index (χ4v) is 2.95. The van der Waals surface area contributed by atoms with Crippen LogP contribution in [0, 0.1) is 11.7 Å². The number of H-pyrrole nitrogens is 1. The van der Waals surface area contributed by atoms with Gasteiger partial charge in [-0.2, -0.15) is 5.10 Å². The van der Waals surface area contributed by atoms with Crippen LogP contribution in [0.15, 0.2) is 47.1 Å². The lowest BCUT2D eigenvalue weighted by atomic mass is 10.0. The van der Waals surface area contributed by atoms with Gasteiger partial charge < -0.3 is 15.1 Å². The Labute approximate surface area is 173 Å². The molecule has 0 aliphatic carbocycles. The molecule has 2 aromatic heterocycles. The lowest BCUT2D eigenvalue weighted by Crippen LogP contribution is -2.44. The fourth-order valence-electron chi connectivity index (χ4n) is 2.95. The standard InChI is InChI=1S/C21H24FN5O3/c1-13(2)11-16(21(29)26-18-9-10-24-27-18)25-19(28)7-8-20-23-12-17(30-20)14-5-3-4-6-15(14)22/h3-6,9-10,12-13,16H,7-8,11H2,1-2H3,(H,25,28)(H2,24,26,27,29). The van der Waals surface area contributed by atoms with E-state index in [0.29, 0.717) is 29.5 Å². The number of aromatic amines is 1. The second-order valence-electron chi connectivity index (χ2n) is 7.31. The summed E-state index contributed by atoms with van der Waals surface area (Å²) in [7, 11) is 0. The van der Waals surface area contributed by atoms with Gasteiger partial charge in [0.2, 0.25) is 11.8 Å². The largest absolute Gasteiger partial charge is 0.441 e. The van der Waals surface area contributed by atoms with Crippen molar-refractivity contribution in [2.75, 3.05) is 5.32 Å². The summed E-state index contributed by atoms with van der Waals surface area (Å²) in [6.07, 6.45) is 3.77. The topological polar surface area (TPSA) is 113 Å². The minimum atomic E-state index is -0.681. The van der Waals surface area contributed by atoms with E-state index in [4.69, 9.17) is 4.42 Å². The maximum absolute atomic E-state index is 13.9. The number of nitrogens with one attached hydrogen (secondary N) is 3. The van der Waals surface area contributed by atoms with E-state index in [1.54, 1.807) is 24.3 Å². The van der Waals surface area contributed by atoms with Crippen molar-refractivity contribution >= 4 is 17.6 Å². The summed E-state index contributed by atoms with van der Waals surface area (Å²) in [5.41, 5.74) is 0.313. The van der Waals surface area contributed by atoms with Crippen LogP contribution in [-0.2, 0) is 16.0 Å². The summed E-state index contributed by atoms with van der Waals surface area (Å²) in [5.74, 6) is 0.273. The third-order valence-corrected chi connectivity index (χ3v) is 4.38. The van der Waals surface area contributed by atoms with Crippen molar-refractivity contribution in [1.29, 1.82) is 0 Å². The van der Waals surface area contributed by atoms with Crippen LogP contribution in [0.3, 0.4) is 0 Å². The quantitative estimate of drug-likeness (QED) is 0.498. The average Bonchev–Trinajstić information content (AvgIpc) is 3.38. The van der Waals surface area contributed by atoms with Crippen LogP contribution < -0.4 is 10.6 Å². The zero-order valence-electron chi connectivity index (χ0n) is 16.8. The Morgan fingerprint density at radius 1 is 1.23 bits per heavy atom. The minimum Gasteiger partial charge on any atom is -0.441 e. The van der Waals surface area contributed by atoms with Crippen LogP contribution in [0.2, 0.25) is 0 Å². The van der Waals surface area contributed by atoms with E-state index < -0.39 is 11.9 Å². The van der Waals surface area contributed by atoms with Gasteiger partial charge in [0.05, 0.1) is 18.0 Å². The molecule has 3 N–H and O–H groups in total. The van der Waals surface area contributed by atoms with Gasteiger partial charge in [-0.25, -0.2) is 9.37 Å². The third-order valence-electron chi connectivity index (χ3n) is 4.38. The number of aromatic nitrogens is 3. The third kappa shape index (κ3) is 5.76. The highest BCUT2D eigenvalue weighted by molar-refractivity contribution is 5.96. The van der Waals surface area contributed by atoms with Crippen molar-refractivity contribution < 1.29 is 18.4 Å². The number of benzene rings is 1. The number of oxazole rings is 1. The molecule has 0 saturated heterocycles. The van der Waals surface area contributed by atoms with E-state index in [0.717, 1.165) is 0 Å². The van der Waals surface area contributed by atoms with Gasteiger partial charge in [0, 0.05) is 18.9 Å². The molecule has 0 fully saturated rings. The van der Waals surface area contributed by atoms with Crippen molar-refractivity contribution in [3.05, 3.63) is 54.4 Å². The highest BCUT2D eigenvalue weighted by atomic mass is 19.1. The summed E-state index contributed by atoms with van der Waals surface area (Å²) in [5, 5.41) is 11.9. The molecule has 0 bridgehead atoms. The maximum Gasteiger partial charge on any atom is 0.248 e. The number of amides is 2. The molecule has 1 aromatic carbocycles. The lowest BCUT2D eigenvalue weighted by Gasteiger charge is -2.19. The van der Waals surface area contributed by atoms with Crippen molar-refractivity contribution in [2.24, 2.45) is 5.92 Å². The van der Waals surface area contributed by atoms with Gasteiger partial charge in [0.1, 0.15) is 17.7 Å². The Morgan fingerprint density at radius 2 is 2.03 bits per heavy atom. The van der Waals surface area contributed by atoms with Gasteiger partial charge in [-0.15, -0.1) is 0 Å². The SMILES string of the molecule is CC(C)CC(NC(=O)CCc1ncc(-c2ccccc2F)o1)C(=O)Nc1ccn[nH]1. The van der Waals surface area contributed by atoms with Gasteiger partial charge in [0.15, 0.2) is 11.7 Å². The van der Waals surface area contributed by atoms with Crippen LogP contribution in [0.5, 0.6) is 0 Å². The predicted molar refractivity (Wildman–Crippen MR) is 109 cm³/mol. The summed E-state index contributed by atoms with van der Waals surface area (Å²) in [6.45, 7) is 3.94. The predicted octanol–water partition coefficient (Wildman–Crippen LogP) is 3.31. The van der Waals surface area contributed by atoms with Crippen LogP contribution in [-0.4, -0.2) is 33.0 Å². The first-order chi connectivity index (χ1) is 14.4. The molecule has 2 heterocycles. The molecule has 9 heteroatoms. The van der Waals surface area contributed by atoms with Gasteiger partial charge in [-0.1, -0.05) is 26.0 Å². The fraction of sp³-hybridized carbons (Fsp3) is 0.333. The molecule has 30 heavy (non-hydrogen) atoms. The molecule has 1 unspecified atom stereocenters. The summed E-state index contributed by atoms with van der Waals surface area (Å²) < 4.78 is 19.4. The number of carbonyl (C=O) groups is 2. The van der Waals surface area contributed by atoms with E-state index in [2.05, 4.69) is 25.8 Å². The van der Waals surface area contributed by atoms with Crippen LogP contribution in [0.1, 0.15) is 32.6 Å². The molecule has 3 rings (SSSR count). The van der Waals surface area contributed by atoms with Crippen LogP contribution >= 0.6 is 0 Å². The summed E-state index contributed by atoms with van der Waals surface area (Å²) >= 11 is 0. The molecule has 0 aliphatic heterocycles. The van der Waals surface area contributed by atoms with Crippen molar-refractivity contribution in [3.63, 3.8) is 0 Å². The molecule has 8 nitrogen and oxygen atoms in total. The molecule has 158 valence electrons. The van der Waals surface area contributed by atoms with Gasteiger partial charge >= 0.3 is 0 Å². The average molecular weight is 413 g/mol. The molecular formula is C21H24FN5O3. The first kappa shape index (κ1) is 21.2. The number of hydrogen-bond donors (Lipinski definition) is 3. The Bertz CT molecular complexity index is 984. The number of halogens is 1. The van der Waals surface area contributed by atoms with E-state index >= 15 is 0 Å². The Hall–Kier alpha value is -3.49. The van der Waals surface area contributed by atoms with Gasteiger partial charge in [0.25, 0.3) is 0 Å². The molecular weight excluding hydrogens is 389 g/mol. The van der Waals surface area contributed by atoms with Crippen molar-refractivity contribution in [2.45, 2.75) is 39.2 Å². The monoisotopic (exact) mass is 413 g/mol. The minimum absolute atomic E-state index is 0.0865. The molecule has 0 aliphatic rings. The van der Waals surface area contributed by atoms with E-state index in [-0.39, 0.29) is 30.6 Å². The first-order valence-electron chi connectivity index (χ1n) is 9.71. The van der Waals surface area contributed by atoms with Crippen molar-refractivity contribution in [1.82, 2.24) is 20.5 Å². The number of nitrogens with zero attached hydrogens (tertiary/aromatic N) is 2. The summed E-state index contributed by atoms with van der Waals surface area (Å²) in [6, 6.07) is 7.18. The summed E-state index contributed by atoms with van der Waals surface area (Å²) in [4.78, 5) is 29.0. The molecule has 0 radical (unpaired) electrons. The number of anilines is 1. The Balaban J connectivity index is 1.56. The second-order valence-corrected chi connectivity index (χ2v) is 7.31.